The SMILES string of the molecule is CN(Cc1ccc(F)c(C#N)c1)C1CCCNC1. The molecule has 1 N–H and O–H groups in total. The van der Waals surface area contributed by atoms with Crippen molar-refractivity contribution in [3.8, 4) is 6.07 Å². The quantitative estimate of drug-likeness (QED) is 0.886. The Bertz CT molecular complexity index is 447. The van der Waals surface area contributed by atoms with Gasteiger partial charge in [-0.1, -0.05) is 6.07 Å². The summed E-state index contributed by atoms with van der Waals surface area (Å²) in [6.45, 7) is 2.85. The van der Waals surface area contributed by atoms with E-state index in [9.17, 15) is 4.39 Å². The van der Waals surface area contributed by atoms with Gasteiger partial charge in [0.15, 0.2) is 0 Å². The Hall–Kier alpha value is -1.44. The van der Waals surface area contributed by atoms with Crippen LogP contribution < -0.4 is 5.32 Å². The molecule has 0 aliphatic carbocycles. The molecular formula is C14H18FN3. The minimum atomic E-state index is -0.441. The number of halogens is 1. The molecule has 96 valence electrons. The molecule has 4 heteroatoms. The highest BCUT2D eigenvalue weighted by atomic mass is 19.1. The van der Waals surface area contributed by atoms with Crippen molar-refractivity contribution in [2.45, 2.75) is 25.4 Å². The van der Waals surface area contributed by atoms with Crippen molar-refractivity contribution in [1.29, 1.82) is 5.26 Å². The van der Waals surface area contributed by atoms with Gasteiger partial charge >= 0.3 is 0 Å². The van der Waals surface area contributed by atoms with Crippen molar-refractivity contribution in [2.24, 2.45) is 0 Å². The Kier molecular flexibility index (Phi) is 4.29. The standard InChI is InChI=1S/C14H18FN3/c1-18(13-3-2-6-17-9-13)10-11-4-5-14(15)12(7-11)8-16/h4-5,7,13,17H,2-3,6,9-10H2,1H3. The summed E-state index contributed by atoms with van der Waals surface area (Å²) in [6.07, 6.45) is 2.39. The van der Waals surface area contributed by atoms with Crippen LogP contribution in [-0.4, -0.2) is 31.1 Å². The van der Waals surface area contributed by atoms with Crippen LogP contribution in [0.1, 0.15) is 24.0 Å². The molecule has 1 fully saturated rings. The lowest BCUT2D eigenvalue weighted by Gasteiger charge is -2.31. The fourth-order valence-electron chi connectivity index (χ4n) is 2.38. The number of nitrogens with zero attached hydrogens (tertiary/aromatic N) is 2. The third-order valence-electron chi connectivity index (χ3n) is 3.48. The molecule has 1 aromatic carbocycles. The maximum atomic E-state index is 13.2. The lowest BCUT2D eigenvalue weighted by atomic mass is 10.0. The van der Waals surface area contributed by atoms with Gasteiger partial charge in [-0.25, -0.2) is 4.39 Å². The Labute approximate surface area is 107 Å². The molecule has 1 aliphatic heterocycles. The summed E-state index contributed by atoms with van der Waals surface area (Å²) in [5.74, 6) is -0.441. The number of likely N-dealkylation sites (N-methyl/N-ethyl adjacent to an activating group) is 1. The van der Waals surface area contributed by atoms with Crippen molar-refractivity contribution < 1.29 is 4.39 Å². The zero-order valence-electron chi connectivity index (χ0n) is 10.6. The van der Waals surface area contributed by atoms with Gasteiger partial charge in [0.2, 0.25) is 0 Å². The normalized spacial score (nSPS) is 19.8. The van der Waals surface area contributed by atoms with Gasteiger partial charge in [0.05, 0.1) is 5.56 Å². The molecule has 0 aromatic heterocycles. The van der Waals surface area contributed by atoms with Gasteiger partial charge in [-0.3, -0.25) is 4.90 Å². The van der Waals surface area contributed by atoms with Crippen LogP contribution in [0, 0.1) is 17.1 Å². The van der Waals surface area contributed by atoms with Crippen molar-refractivity contribution in [3.63, 3.8) is 0 Å². The van der Waals surface area contributed by atoms with Crippen LogP contribution in [0.3, 0.4) is 0 Å². The molecule has 2 rings (SSSR count). The van der Waals surface area contributed by atoms with E-state index in [4.69, 9.17) is 5.26 Å². The number of hydrogen-bond acceptors (Lipinski definition) is 3. The minimum absolute atomic E-state index is 0.127. The summed E-state index contributed by atoms with van der Waals surface area (Å²) >= 11 is 0. The van der Waals surface area contributed by atoms with E-state index < -0.39 is 5.82 Å². The molecule has 0 spiro atoms. The highest BCUT2D eigenvalue weighted by Gasteiger charge is 2.17. The second-order valence-electron chi connectivity index (χ2n) is 4.84. The van der Waals surface area contributed by atoms with Crippen LogP contribution in [0.2, 0.25) is 0 Å². The van der Waals surface area contributed by atoms with Gasteiger partial charge in [0.1, 0.15) is 11.9 Å². The maximum absolute atomic E-state index is 13.2. The molecule has 1 aliphatic rings. The molecule has 1 aromatic rings. The highest BCUT2D eigenvalue weighted by Crippen LogP contribution is 2.15. The summed E-state index contributed by atoms with van der Waals surface area (Å²) in [4.78, 5) is 2.26. The van der Waals surface area contributed by atoms with Crippen molar-refractivity contribution >= 4 is 0 Å². The number of rotatable bonds is 3. The first-order valence-corrected chi connectivity index (χ1v) is 6.30. The largest absolute Gasteiger partial charge is 0.315 e. The molecule has 1 unspecified atom stereocenters. The monoisotopic (exact) mass is 247 g/mol. The Morgan fingerprint density at radius 3 is 3.06 bits per heavy atom. The topological polar surface area (TPSA) is 39.1 Å². The fraction of sp³-hybridized carbons (Fsp3) is 0.500. The summed E-state index contributed by atoms with van der Waals surface area (Å²) in [6, 6.07) is 7.17. The molecule has 0 bridgehead atoms. The van der Waals surface area contributed by atoms with E-state index >= 15 is 0 Å². The minimum Gasteiger partial charge on any atom is -0.315 e. The van der Waals surface area contributed by atoms with Crippen LogP contribution in [0.15, 0.2) is 18.2 Å². The molecule has 1 heterocycles. The van der Waals surface area contributed by atoms with Crippen molar-refractivity contribution in [1.82, 2.24) is 10.2 Å². The predicted molar refractivity (Wildman–Crippen MR) is 68.5 cm³/mol. The van der Waals surface area contributed by atoms with Crippen LogP contribution >= 0.6 is 0 Å². The van der Waals surface area contributed by atoms with E-state index in [2.05, 4.69) is 17.3 Å². The summed E-state index contributed by atoms with van der Waals surface area (Å²) in [7, 11) is 2.08. The van der Waals surface area contributed by atoms with Gasteiger partial charge in [0, 0.05) is 19.1 Å². The molecule has 3 nitrogen and oxygen atoms in total. The number of hydrogen-bond donors (Lipinski definition) is 1. The average molecular weight is 247 g/mol. The highest BCUT2D eigenvalue weighted by molar-refractivity contribution is 5.34. The second-order valence-corrected chi connectivity index (χ2v) is 4.84. The summed E-state index contributed by atoms with van der Waals surface area (Å²) in [5.41, 5.74) is 1.11. The molecular weight excluding hydrogens is 229 g/mol. The van der Waals surface area contributed by atoms with E-state index in [0.29, 0.717) is 6.04 Å². The van der Waals surface area contributed by atoms with E-state index in [1.807, 2.05) is 6.07 Å². The van der Waals surface area contributed by atoms with Crippen LogP contribution in [0.4, 0.5) is 4.39 Å². The van der Waals surface area contributed by atoms with Gasteiger partial charge in [-0.15, -0.1) is 0 Å². The number of piperidine rings is 1. The fourth-order valence-corrected chi connectivity index (χ4v) is 2.38. The van der Waals surface area contributed by atoms with Crippen LogP contribution in [-0.2, 0) is 6.54 Å². The van der Waals surface area contributed by atoms with Crippen molar-refractivity contribution in [2.75, 3.05) is 20.1 Å². The van der Waals surface area contributed by atoms with Crippen LogP contribution in [0.25, 0.3) is 0 Å². The number of nitriles is 1. The first-order valence-electron chi connectivity index (χ1n) is 6.30. The average Bonchev–Trinajstić information content (AvgIpc) is 2.42. The third-order valence-corrected chi connectivity index (χ3v) is 3.48. The second kappa shape index (κ2) is 5.94. The van der Waals surface area contributed by atoms with Gasteiger partial charge in [-0.05, 0) is 44.1 Å². The smallest absolute Gasteiger partial charge is 0.140 e. The third kappa shape index (κ3) is 3.06. The maximum Gasteiger partial charge on any atom is 0.140 e. The Morgan fingerprint density at radius 2 is 2.39 bits per heavy atom. The summed E-state index contributed by atoms with van der Waals surface area (Å²) < 4.78 is 13.2. The van der Waals surface area contributed by atoms with Gasteiger partial charge in [0.25, 0.3) is 0 Å². The van der Waals surface area contributed by atoms with E-state index in [-0.39, 0.29) is 5.56 Å². The van der Waals surface area contributed by atoms with Gasteiger partial charge < -0.3 is 5.32 Å². The Morgan fingerprint density at radius 1 is 1.56 bits per heavy atom. The lowest BCUT2D eigenvalue weighted by Crippen LogP contribution is -2.43. The molecule has 18 heavy (non-hydrogen) atoms. The Balaban J connectivity index is 2.02. The molecule has 0 radical (unpaired) electrons. The molecule has 1 saturated heterocycles. The zero-order valence-corrected chi connectivity index (χ0v) is 10.6. The zero-order chi connectivity index (χ0) is 13.0. The molecule has 0 saturated carbocycles. The first-order chi connectivity index (χ1) is 8.70. The first kappa shape index (κ1) is 13.0. The van der Waals surface area contributed by atoms with E-state index in [1.54, 1.807) is 12.1 Å². The van der Waals surface area contributed by atoms with Gasteiger partial charge in [-0.2, -0.15) is 5.26 Å². The molecule has 0 amide bonds. The predicted octanol–water partition coefficient (Wildman–Crippen LogP) is 1.88. The lowest BCUT2D eigenvalue weighted by molar-refractivity contribution is 0.196. The number of benzene rings is 1. The van der Waals surface area contributed by atoms with Crippen molar-refractivity contribution in [3.05, 3.63) is 35.1 Å². The number of nitrogens with one attached hydrogen (secondary N) is 1. The molecule has 1 atom stereocenters. The van der Waals surface area contributed by atoms with E-state index in [0.717, 1.165) is 25.2 Å². The van der Waals surface area contributed by atoms with Crippen LogP contribution in [0.5, 0.6) is 0 Å². The summed E-state index contributed by atoms with van der Waals surface area (Å²) in [5, 5.41) is 12.2. The van der Waals surface area contributed by atoms with E-state index in [1.165, 1.54) is 18.9 Å².